The topological polar surface area (TPSA) is 122 Å². The van der Waals surface area contributed by atoms with Gasteiger partial charge in [-0.2, -0.15) is 5.10 Å². The molecule has 1 unspecified atom stereocenters. The van der Waals surface area contributed by atoms with Crippen molar-refractivity contribution in [2.24, 2.45) is 11.1 Å². The molecule has 5 N–H and O–H groups in total. The second-order valence-electron chi connectivity index (χ2n) is 12.3. The van der Waals surface area contributed by atoms with E-state index in [0.717, 1.165) is 92.5 Å². The van der Waals surface area contributed by atoms with Crippen LogP contribution in [0.15, 0.2) is 48.7 Å². The van der Waals surface area contributed by atoms with Gasteiger partial charge >= 0.3 is 0 Å². The van der Waals surface area contributed by atoms with Crippen LogP contribution >= 0.6 is 0 Å². The lowest BCUT2D eigenvalue weighted by atomic mass is 9.73. The van der Waals surface area contributed by atoms with E-state index in [-0.39, 0.29) is 17.6 Å². The summed E-state index contributed by atoms with van der Waals surface area (Å²) in [5, 5.41) is 21.1. The number of benzene rings is 2. The summed E-state index contributed by atoms with van der Waals surface area (Å²) in [5.41, 5.74) is 14.5. The molecule has 1 spiro atoms. The van der Waals surface area contributed by atoms with Gasteiger partial charge in [0.05, 0.1) is 23.7 Å². The minimum atomic E-state index is -0.189. The zero-order valence-electron chi connectivity index (χ0n) is 23.4. The maximum absolute atomic E-state index is 9.95. The number of nitrogens with two attached hydrogens (primary N) is 1. The average Bonchev–Trinajstić information content (AvgIpc) is 3.53. The molecule has 4 aliphatic rings. The Bertz CT molecular complexity index is 1600. The van der Waals surface area contributed by atoms with E-state index in [1.54, 1.807) is 0 Å². The summed E-state index contributed by atoms with van der Waals surface area (Å²) in [6, 6.07) is 15.6. The van der Waals surface area contributed by atoms with Crippen LogP contribution in [-0.4, -0.2) is 70.6 Å². The predicted octanol–water partition coefficient (Wildman–Crippen LogP) is 3.72. The quantitative estimate of drug-likeness (QED) is 0.301. The Morgan fingerprint density at radius 1 is 1.05 bits per heavy atom. The van der Waals surface area contributed by atoms with E-state index in [0.29, 0.717) is 11.7 Å². The molecular weight excluding hydrogens is 514 g/mol. The number of fused-ring (bicyclic) bond motifs is 3. The third-order valence-corrected chi connectivity index (χ3v) is 10.1. The van der Waals surface area contributed by atoms with Crippen LogP contribution in [0.1, 0.15) is 42.9 Å². The van der Waals surface area contributed by atoms with Crippen LogP contribution in [0.4, 0.5) is 28.7 Å². The van der Waals surface area contributed by atoms with Crippen LogP contribution in [0.5, 0.6) is 0 Å². The minimum Gasteiger partial charge on any atom is -0.393 e. The smallest absolute Gasteiger partial charge is 0.183 e. The van der Waals surface area contributed by atoms with Crippen LogP contribution in [0.2, 0.25) is 0 Å². The van der Waals surface area contributed by atoms with Crippen molar-refractivity contribution in [2.75, 3.05) is 53.2 Å². The van der Waals surface area contributed by atoms with Crippen molar-refractivity contribution >= 4 is 39.9 Å². The van der Waals surface area contributed by atoms with Gasteiger partial charge in [0.15, 0.2) is 17.0 Å². The maximum Gasteiger partial charge on any atom is 0.183 e. The fourth-order valence-corrected chi connectivity index (χ4v) is 7.61. The second kappa shape index (κ2) is 9.32. The first-order valence-corrected chi connectivity index (χ1v) is 14.9. The summed E-state index contributed by atoms with van der Waals surface area (Å²) >= 11 is 0. The minimum absolute atomic E-state index is 0.103. The molecule has 1 atom stereocenters. The third-order valence-electron chi connectivity index (χ3n) is 10.1. The average molecular weight is 552 g/mol. The highest BCUT2D eigenvalue weighted by Gasteiger charge is 2.46. The zero-order valence-corrected chi connectivity index (χ0v) is 23.4. The molecule has 0 bridgehead atoms. The highest BCUT2D eigenvalue weighted by Crippen LogP contribution is 2.51. The monoisotopic (exact) mass is 551 g/mol. The number of rotatable bonds is 4. The number of aromatic nitrogens is 4. The Balaban J connectivity index is 1.04. The number of hydrogen-bond donors (Lipinski definition) is 4. The lowest BCUT2D eigenvalue weighted by molar-refractivity contribution is 0.0732. The van der Waals surface area contributed by atoms with Crippen LogP contribution in [0, 0.1) is 5.41 Å². The molecule has 2 aromatic heterocycles. The van der Waals surface area contributed by atoms with Crippen molar-refractivity contribution < 1.29 is 5.11 Å². The summed E-state index contributed by atoms with van der Waals surface area (Å²) in [7, 11) is 1.94. The Morgan fingerprint density at radius 3 is 2.66 bits per heavy atom. The first kappa shape index (κ1) is 24.9. The molecule has 212 valence electrons. The van der Waals surface area contributed by atoms with Gasteiger partial charge in [-0.1, -0.05) is 24.3 Å². The normalized spacial score (nSPS) is 24.9. The molecule has 0 radical (unpaired) electrons. The molecule has 4 aromatic rings. The van der Waals surface area contributed by atoms with Crippen molar-refractivity contribution in [1.29, 1.82) is 0 Å². The number of hydrogen-bond acceptors (Lipinski definition) is 9. The fourth-order valence-electron chi connectivity index (χ4n) is 7.61. The zero-order chi connectivity index (χ0) is 27.7. The first-order valence-electron chi connectivity index (χ1n) is 14.9. The summed E-state index contributed by atoms with van der Waals surface area (Å²) in [6.07, 6.45) is 6.51. The molecular formula is C31H37N9O. The Hall–Kier alpha value is -3.89. The van der Waals surface area contributed by atoms with Gasteiger partial charge in [-0.3, -0.25) is 5.10 Å². The molecule has 1 saturated carbocycles. The largest absolute Gasteiger partial charge is 0.393 e. The van der Waals surface area contributed by atoms with Gasteiger partial charge < -0.3 is 30.9 Å². The molecule has 2 aliphatic carbocycles. The number of piperidine rings is 1. The molecule has 2 aromatic carbocycles. The van der Waals surface area contributed by atoms with E-state index in [1.807, 2.05) is 13.2 Å². The van der Waals surface area contributed by atoms with Crippen molar-refractivity contribution in [3.05, 3.63) is 59.8 Å². The van der Waals surface area contributed by atoms with Crippen molar-refractivity contribution in [3.63, 3.8) is 0 Å². The Labute approximate surface area is 239 Å². The highest BCUT2D eigenvalue weighted by atomic mass is 16.3. The first-order chi connectivity index (χ1) is 20.0. The predicted molar refractivity (Wildman–Crippen MR) is 162 cm³/mol. The van der Waals surface area contributed by atoms with Gasteiger partial charge in [0.2, 0.25) is 0 Å². The molecule has 8 rings (SSSR count). The van der Waals surface area contributed by atoms with Crippen LogP contribution in [0.3, 0.4) is 0 Å². The molecule has 10 nitrogen and oxygen atoms in total. The molecule has 4 heterocycles. The lowest BCUT2D eigenvalue weighted by Crippen LogP contribution is -2.52. The standard InChI is InChI=1S/C31H37N9O/c1-33-20-6-7-24-25(14-20)39(21-15-22(41)16-21)12-13-40(24)30-27-29(36-37-30)35-26(18-34-27)38-10-8-31(9-11-38)17-19-4-2-3-5-23(19)28(31)32/h2-7,14,18,21-22,28,33,41H,8-13,15-17,32H2,1H3,(H,35,36,37)/t21-,22-,28?. The number of aromatic amines is 1. The number of anilines is 5. The maximum atomic E-state index is 9.95. The summed E-state index contributed by atoms with van der Waals surface area (Å²) in [5.74, 6) is 1.69. The number of aliphatic hydroxyl groups excluding tert-OH is 1. The van der Waals surface area contributed by atoms with Gasteiger partial charge in [-0.25, -0.2) is 9.97 Å². The summed E-state index contributed by atoms with van der Waals surface area (Å²) in [6.45, 7) is 3.49. The third kappa shape index (κ3) is 3.88. The number of nitrogens with one attached hydrogen (secondary N) is 2. The Morgan fingerprint density at radius 2 is 1.88 bits per heavy atom. The van der Waals surface area contributed by atoms with E-state index in [1.165, 1.54) is 11.1 Å². The number of H-pyrrole nitrogens is 1. The second-order valence-corrected chi connectivity index (χ2v) is 12.3. The van der Waals surface area contributed by atoms with Gasteiger partial charge in [0.25, 0.3) is 0 Å². The summed E-state index contributed by atoms with van der Waals surface area (Å²) in [4.78, 5) is 16.9. The lowest BCUT2D eigenvalue weighted by Gasteiger charge is -2.47. The molecule has 10 heteroatoms. The van der Waals surface area contributed by atoms with E-state index in [4.69, 9.17) is 20.8 Å². The fraction of sp³-hybridized carbons (Fsp3) is 0.452. The van der Waals surface area contributed by atoms with Gasteiger partial charge in [0, 0.05) is 51.0 Å². The number of aliphatic hydroxyl groups is 1. The van der Waals surface area contributed by atoms with Crippen molar-refractivity contribution in [1.82, 2.24) is 20.2 Å². The van der Waals surface area contributed by atoms with Crippen LogP contribution in [-0.2, 0) is 6.42 Å². The van der Waals surface area contributed by atoms with Crippen molar-refractivity contribution in [2.45, 2.75) is 50.3 Å². The molecule has 1 saturated heterocycles. The molecule has 0 amide bonds. The van der Waals surface area contributed by atoms with Crippen LogP contribution < -0.4 is 25.8 Å². The molecule has 2 aliphatic heterocycles. The van der Waals surface area contributed by atoms with Gasteiger partial charge in [-0.15, -0.1) is 0 Å². The summed E-state index contributed by atoms with van der Waals surface area (Å²) < 4.78 is 0. The number of nitrogens with zero attached hydrogens (tertiary/aromatic N) is 6. The SMILES string of the molecule is CNc1ccc2c(c1)N([C@H]1C[C@H](O)C1)CCN2c1n[nH]c2nc(N3CCC4(CC3)Cc3ccccc3C4N)cnc12. The van der Waals surface area contributed by atoms with E-state index in [9.17, 15) is 5.11 Å². The van der Waals surface area contributed by atoms with Gasteiger partial charge in [-0.05, 0) is 66.8 Å². The Kier molecular flexibility index (Phi) is 5.65. The van der Waals surface area contributed by atoms with E-state index < -0.39 is 0 Å². The van der Waals surface area contributed by atoms with Gasteiger partial charge in [0.1, 0.15) is 5.82 Å². The van der Waals surface area contributed by atoms with Crippen LogP contribution in [0.25, 0.3) is 11.2 Å². The van der Waals surface area contributed by atoms with Crippen molar-refractivity contribution in [3.8, 4) is 0 Å². The van der Waals surface area contributed by atoms with E-state index in [2.05, 4.69) is 67.6 Å². The molecule has 41 heavy (non-hydrogen) atoms. The molecule has 2 fully saturated rings. The highest BCUT2D eigenvalue weighted by molar-refractivity contribution is 5.91. The van der Waals surface area contributed by atoms with E-state index >= 15 is 0 Å².